The van der Waals surface area contributed by atoms with Gasteiger partial charge in [-0.15, -0.1) is 0 Å². The SMILES string of the molecule is CCC(O)Cc1cccc(CC(=O)C2CCCCC2)c1. The van der Waals surface area contributed by atoms with Crippen LogP contribution >= 0.6 is 0 Å². The largest absolute Gasteiger partial charge is 0.393 e. The van der Waals surface area contributed by atoms with E-state index in [1.807, 2.05) is 25.1 Å². The summed E-state index contributed by atoms with van der Waals surface area (Å²) in [6.45, 7) is 1.99. The van der Waals surface area contributed by atoms with E-state index >= 15 is 0 Å². The van der Waals surface area contributed by atoms with E-state index in [9.17, 15) is 9.90 Å². The molecule has 1 N–H and O–H groups in total. The Morgan fingerprint density at radius 1 is 1.25 bits per heavy atom. The van der Waals surface area contributed by atoms with Crippen molar-refractivity contribution in [2.24, 2.45) is 5.92 Å². The van der Waals surface area contributed by atoms with Crippen molar-refractivity contribution >= 4 is 5.78 Å². The first kappa shape index (κ1) is 15.2. The van der Waals surface area contributed by atoms with Gasteiger partial charge in [0.1, 0.15) is 5.78 Å². The van der Waals surface area contributed by atoms with Crippen molar-refractivity contribution in [3.8, 4) is 0 Å². The first-order valence-electron chi connectivity index (χ1n) is 7.97. The number of aliphatic hydroxyl groups is 1. The lowest BCUT2D eigenvalue weighted by atomic mass is 9.84. The number of benzene rings is 1. The predicted molar refractivity (Wildman–Crippen MR) is 81.7 cm³/mol. The summed E-state index contributed by atoms with van der Waals surface area (Å²) in [4.78, 5) is 12.3. The smallest absolute Gasteiger partial charge is 0.140 e. The Balaban J connectivity index is 1.94. The van der Waals surface area contributed by atoms with Crippen LogP contribution in [0.1, 0.15) is 56.6 Å². The lowest BCUT2D eigenvalue weighted by Gasteiger charge is -2.20. The Morgan fingerprint density at radius 3 is 2.65 bits per heavy atom. The van der Waals surface area contributed by atoms with Gasteiger partial charge in [0.25, 0.3) is 0 Å². The molecule has 0 bridgehead atoms. The van der Waals surface area contributed by atoms with Crippen molar-refractivity contribution < 1.29 is 9.90 Å². The molecule has 0 saturated heterocycles. The average Bonchev–Trinajstić information content (AvgIpc) is 2.48. The van der Waals surface area contributed by atoms with Crippen LogP contribution in [-0.4, -0.2) is 17.0 Å². The third kappa shape index (κ3) is 4.45. The molecule has 1 aliphatic carbocycles. The minimum absolute atomic E-state index is 0.278. The standard InChI is InChI=1S/C18H26O2/c1-2-17(19)12-14-7-6-8-15(11-14)13-18(20)16-9-4-3-5-10-16/h6-8,11,16-17,19H,2-5,9-10,12-13H2,1H3. The van der Waals surface area contributed by atoms with E-state index in [1.54, 1.807) is 0 Å². The first-order chi connectivity index (χ1) is 9.69. The van der Waals surface area contributed by atoms with Crippen LogP contribution in [0.3, 0.4) is 0 Å². The molecule has 2 nitrogen and oxygen atoms in total. The molecule has 1 fully saturated rings. The fourth-order valence-electron chi connectivity index (χ4n) is 3.05. The van der Waals surface area contributed by atoms with Crippen molar-refractivity contribution in [1.29, 1.82) is 0 Å². The summed E-state index contributed by atoms with van der Waals surface area (Å²) in [5.41, 5.74) is 2.23. The Morgan fingerprint density at radius 2 is 1.95 bits per heavy atom. The zero-order chi connectivity index (χ0) is 14.4. The van der Waals surface area contributed by atoms with Gasteiger partial charge in [0.05, 0.1) is 6.10 Å². The number of rotatable bonds is 6. The van der Waals surface area contributed by atoms with E-state index in [0.29, 0.717) is 18.6 Å². The molecule has 0 heterocycles. The van der Waals surface area contributed by atoms with Crippen LogP contribution in [0.15, 0.2) is 24.3 Å². The molecule has 110 valence electrons. The number of aliphatic hydroxyl groups excluding tert-OH is 1. The van der Waals surface area contributed by atoms with Crippen LogP contribution in [0.4, 0.5) is 0 Å². The van der Waals surface area contributed by atoms with Crippen LogP contribution in [0.2, 0.25) is 0 Å². The summed E-state index contributed by atoms with van der Waals surface area (Å²) in [6, 6.07) is 8.15. The van der Waals surface area contributed by atoms with Gasteiger partial charge in [0.2, 0.25) is 0 Å². The maximum atomic E-state index is 12.3. The molecule has 2 heteroatoms. The van der Waals surface area contributed by atoms with Crippen LogP contribution < -0.4 is 0 Å². The van der Waals surface area contributed by atoms with Gasteiger partial charge in [-0.05, 0) is 36.8 Å². The van der Waals surface area contributed by atoms with Gasteiger partial charge in [0.15, 0.2) is 0 Å². The van der Waals surface area contributed by atoms with E-state index in [1.165, 1.54) is 19.3 Å². The lowest BCUT2D eigenvalue weighted by Crippen LogP contribution is -2.19. The second-order valence-corrected chi connectivity index (χ2v) is 6.06. The maximum Gasteiger partial charge on any atom is 0.140 e. The van der Waals surface area contributed by atoms with Crippen LogP contribution in [0, 0.1) is 5.92 Å². The molecule has 0 amide bonds. The Hall–Kier alpha value is -1.15. The van der Waals surface area contributed by atoms with Crippen LogP contribution in [-0.2, 0) is 17.6 Å². The molecular formula is C18H26O2. The molecule has 1 atom stereocenters. The van der Waals surface area contributed by atoms with Crippen molar-refractivity contribution in [2.45, 2.75) is 64.4 Å². The van der Waals surface area contributed by atoms with Crippen LogP contribution in [0.5, 0.6) is 0 Å². The maximum absolute atomic E-state index is 12.3. The van der Waals surface area contributed by atoms with Gasteiger partial charge in [-0.25, -0.2) is 0 Å². The Kier molecular flexibility index (Phi) is 5.78. The third-order valence-corrected chi connectivity index (χ3v) is 4.37. The predicted octanol–water partition coefficient (Wildman–Crippen LogP) is 3.69. The summed E-state index contributed by atoms with van der Waals surface area (Å²) >= 11 is 0. The number of hydrogen-bond acceptors (Lipinski definition) is 2. The molecule has 1 aromatic carbocycles. The molecule has 1 aliphatic rings. The lowest BCUT2D eigenvalue weighted by molar-refractivity contribution is -0.123. The van der Waals surface area contributed by atoms with Crippen molar-refractivity contribution in [2.75, 3.05) is 0 Å². The average molecular weight is 274 g/mol. The molecule has 1 unspecified atom stereocenters. The van der Waals surface area contributed by atoms with Gasteiger partial charge in [-0.1, -0.05) is 50.5 Å². The molecule has 0 spiro atoms. The summed E-state index contributed by atoms with van der Waals surface area (Å²) in [6.07, 6.45) is 7.58. The molecule has 20 heavy (non-hydrogen) atoms. The number of carbonyl (C=O) groups is 1. The molecule has 2 rings (SSSR count). The monoisotopic (exact) mass is 274 g/mol. The number of hydrogen-bond donors (Lipinski definition) is 1. The highest BCUT2D eigenvalue weighted by Gasteiger charge is 2.21. The highest BCUT2D eigenvalue weighted by Crippen LogP contribution is 2.25. The second kappa shape index (κ2) is 7.58. The molecular weight excluding hydrogens is 248 g/mol. The third-order valence-electron chi connectivity index (χ3n) is 4.37. The van der Waals surface area contributed by atoms with Crippen molar-refractivity contribution in [3.05, 3.63) is 35.4 Å². The molecule has 0 radical (unpaired) electrons. The highest BCUT2D eigenvalue weighted by molar-refractivity contribution is 5.83. The van der Waals surface area contributed by atoms with Crippen LogP contribution in [0.25, 0.3) is 0 Å². The summed E-state index contributed by atoms with van der Waals surface area (Å²) in [5, 5.41) is 9.72. The molecule has 1 aromatic rings. The van der Waals surface area contributed by atoms with Gasteiger partial charge < -0.3 is 5.11 Å². The topological polar surface area (TPSA) is 37.3 Å². The van der Waals surface area contributed by atoms with E-state index in [2.05, 4.69) is 6.07 Å². The zero-order valence-corrected chi connectivity index (χ0v) is 12.5. The molecule has 0 aliphatic heterocycles. The van der Waals surface area contributed by atoms with E-state index < -0.39 is 0 Å². The van der Waals surface area contributed by atoms with Gasteiger partial charge in [0, 0.05) is 12.3 Å². The Bertz CT molecular complexity index is 433. The number of ketones is 1. The normalized spacial score (nSPS) is 17.9. The first-order valence-corrected chi connectivity index (χ1v) is 7.97. The minimum Gasteiger partial charge on any atom is -0.393 e. The van der Waals surface area contributed by atoms with Crippen molar-refractivity contribution in [3.63, 3.8) is 0 Å². The van der Waals surface area contributed by atoms with E-state index in [-0.39, 0.29) is 12.0 Å². The number of Topliss-reactive ketones (excluding diaryl/α,β-unsaturated/α-hetero) is 1. The fourth-order valence-corrected chi connectivity index (χ4v) is 3.05. The highest BCUT2D eigenvalue weighted by atomic mass is 16.3. The number of carbonyl (C=O) groups excluding carboxylic acids is 1. The summed E-state index contributed by atoms with van der Waals surface area (Å²) < 4.78 is 0. The van der Waals surface area contributed by atoms with Gasteiger partial charge in [-0.3, -0.25) is 4.79 Å². The second-order valence-electron chi connectivity index (χ2n) is 6.06. The fraction of sp³-hybridized carbons (Fsp3) is 0.611. The quantitative estimate of drug-likeness (QED) is 0.859. The zero-order valence-electron chi connectivity index (χ0n) is 12.5. The Labute approximate surface area is 122 Å². The van der Waals surface area contributed by atoms with Gasteiger partial charge in [-0.2, -0.15) is 0 Å². The van der Waals surface area contributed by atoms with E-state index in [0.717, 1.165) is 30.4 Å². The van der Waals surface area contributed by atoms with E-state index in [4.69, 9.17) is 0 Å². The van der Waals surface area contributed by atoms with Gasteiger partial charge >= 0.3 is 0 Å². The van der Waals surface area contributed by atoms with Crippen molar-refractivity contribution in [1.82, 2.24) is 0 Å². The summed E-state index contributed by atoms with van der Waals surface area (Å²) in [7, 11) is 0. The summed E-state index contributed by atoms with van der Waals surface area (Å²) in [5.74, 6) is 0.687. The minimum atomic E-state index is -0.278. The molecule has 0 aromatic heterocycles. The molecule has 1 saturated carbocycles.